The van der Waals surface area contributed by atoms with Crippen LogP contribution in [0, 0.1) is 19.8 Å². The maximum absolute atomic E-state index is 12.5. The molecule has 1 aliphatic rings. The fraction of sp³-hybridized carbons (Fsp3) is 0.318. The summed E-state index contributed by atoms with van der Waals surface area (Å²) in [6.07, 6.45) is 0.230. The van der Waals surface area contributed by atoms with Crippen molar-refractivity contribution in [1.82, 2.24) is 25.3 Å². The molecule has 4 rings (SSSR count). The van der Waals surface area contributed by atoms with Gasteiger partial charge < -0.3 is 15.5 Å². The van der Waals surface area contributed by atoms with Crippen LogP contribution in [-0.2, 0) is 9.59 Å². The van der Waals surface area contributed by atoms with Gasteiger partial charge in [0.05, 0.1) is 11.6 Å². The van der Waals surface area contributed by atoms with Crippen molar-refractivity contribution in [2.24, 2.45) is 5.92 Å². The third-order valence-corrected chi connectivity index (χ3v) is 5.17. The summed E-state index contributed by atoms with van der Waals surface area (Å²) in [5.74, 6) is 0.790. The highest BCUT2D eigenvalue weighted by atomic mass is 16.2. The number of carbonyl (C=O) groups is 2. The number of anilines is 2. The number of para-hydroxylation sites is 1. The van der Waals surface area contributed by atoms with Gasteiger partial charge in [-0.25, -0.2) is 4.68 Å². The van der Waals surface area contributed by atoms with Crippen molar-refractivity contribution in [2.75, 3.05) is 29.9 Å². The van der Waals surface area contributed by atoms with Gasteiger partial charge in [-0.1, -0.05) is 18.2 Å². The van der Waals surface area contributed by atoms with Crippen molar-refractivity contribution in [2.45, 2.75) is 20.3 Å². The second kappa shape index (κ2) is 8.95. The Balaban J connectivity index is 1.23. The fourth-order valence-electron chi connectivity index (χ4n) is 3.65. The van der Waals surface area contributed by atoms with Crippen LogP contribution in [0.15, 0.2) is 48.5 Å². The first kappa shape index (κ1) is 20.5. The lowest BCUT2D eigenvalue weighted by Gasteiger charge is -2.16. The Kier molecular flexibility index (Phi) is 5.92. The van der Waals surface area contributed by atoms with Gasteiger partial charge in [0.2, 0.25) is 11.8 Å². The van der Waals surface area contributed by atoms with Crippen molar-refractivity contribution in [3.8, 4) is 5.82 Å². The molecule has 1 aliphatic heterocycles. The largest absolute Gasteiger partial charge is 0.367 e. The average Bonchev–Trinajstić information content (AvgIpc) is 3.33. The van der Waals surface area contributed by atoms with E-state index in [1.807, 2.05) is 62.4 Å². The Bertz CT molecular complexity index is 1060. The predicted octanol–water partition coefficient (Wildman–Crippen LogP) is 1.86. The van der Waals surface area contributed by atoms with E-state index < -0.39 is 0 Å². The molecule has 1 aromatic carbocycles. The molecule has 2 N–H and O–H groups in total. The van der Waals surface area contributed by atoms with E-state index in [9.17, 15) is 9.59 Å². The van der Waals surface area contributed by atoms with Crippen LogP contribution in [0.25, 0.3) is 5.82 Å². The summed E-state index contributed by atoms with van der Waals surface area (Å²) >= 11 is 0. The highest BCUT2D eigenvalue weighted by Crippen LogP contribution is 2.24. The van der Waals surface area contributed by atoms with Gasteiger partial charge in [0.25, 0.3) is 0 Å². The molecule has 0 aliphatic carbocycles. The molecule has 0 saturated carbocycles. The van der Waals surface area contributed by atoms with Gasteiger partial charge in [0.1, 0.15) is 5.82 Å². The number of hydrogen-bond donors (Lipinski definition) is 2. The standard InChI is InChI=1S/C22H25N7O2/c1-15-12-16(2)29(27-15)20-9-8-19(25-26-20)23-10-11-24-22(31)17-13-21(30)28(14-17)18-6-4-3-5-7-18/h3-9,12,17H,10-11,13-14H2,1-2H3,(H,23,25)(H,24,31). The number of aromatic nitrogens is 4. The smallest absolute Gasteiger partial charge is 0.227 e. The minimum atomic E-state index is -0.340. The summed E-state index contributed by atoms with van der Waals surface area (Å²) in [5, 5.41) is 18.8. The van der Waals surface area contributed by atoms with Gasteiger partial charge in [0.15, 0.2) is 5.82 Å². The summed E-state index contributed by atoms with van der Waals surface area (Å²) in [4.78, 5) is 26.4. The third kappa shape index (κ3) is 4.71. The molecule has 31 heavy (non-hydrogen) atoms. The molecule has 160 valence electrons. The van der Waals surface area contributed by atoms with Crippen LogP contribution in [0.4, 0.5) is 11.5 Å². The summed E-state index contributed by atoms with van der Waals surface area (Å²) in [6, 6.07) is 15.1. The van der Waals surface area contributed by atoms with Crippen LogP contribution in [0.1, 0.15) is 17.8 Å². The van der Waals surface area contributed by atoms with Crippen molar-refractivity contribution >= 4 is 23.3 Å². The van der Waals surface area contributed by atoms with Gasteiger partial charge in [-0.3, -0.25) is 9.59 Å². The highest BCUT2D eigenvalue weighted by Gasteiger charge is 2.34. The fourth-order valence-corrected chi connectivity index (χ4v) is 3.65. The van der Waals surface area contributed by atoms with Gasteiger partial charge >= 0.3 is 0 Å². The topological polar surface area (TPSA) is 105 Å². The number of amides is 2. The molecule has 3 heterocycles. The number of hydrogen-bond acceptors (Lipinski definition) is 6. The molecule has 1 saturated heterocycles. The van der Waals surface area contributed by atoms with Crippen LogP contribution < -0.4 is 15.5 Å². The lowest BCUT2D eigenvalue weighted by Crippen LogP contribution is -2.35. The Morgan fingerprint density at radius 2 is 1.90 bits per heavy atom. The molecule has 0 spiro atoms. The predicted molar refractivity (Wildman–Crippen MR) is 117 cm³/mol. The second-order valence-corrected chi connectivity index (χ2v) is 7.57. The number of rotatable bonds is 7. The van der Waals surface area contributed by atoms with E-state index in [1.165, 1.54) is 0 Å². The molecular weight excluding hydrogens is 394 g/mol. The molecule has 2 amide bonds. The van der Waals surface area contributed by atoms with Gasteiger partial charge in [-0.15, -0.1) is 10.2 Å². The summed E-state index contributed by atoms with van der Waals surface area (Å²) in [6.45, 7) is 5.23. The number of benzene rings is 1. The first-order valence-electron chi connectivity index (χ1n) is 10.3. The molecule has 0 radical (unpaired) electrons. The Morgan fingerprint density at radius 3 is 2.58 bits per heavy atom. The molecule has 9 heteroatoms. The SMILES string of the molecule is Cc1cc(C)n(-c2ccc(NCCNC(=O)C3CC(=O)N(c4ccccc4)C3)nn2)n1. The summed E-state index contributed by atoms with van der Waals surface area (Å²) in [5.41, 5.74) is 2.74. The normalized spacial score (nSPS) is 15.9. The molecule has 0 bridgehead atoms. The number of nitrogens with one attached hydrogen (secondary N) is 2. The van der Waals surface area contributed by atoms with E-state index in [-0.39, 0.29) is 24.2 Å². The lowest BCUT2D eigenvalue weighted by molar-refractivity contribution is -0.126. The lowest BCUT2D eigenvalue weighted by atomic mass is 10.1. The van der Waals surface area contributed by atoms with Crippen molar-refractivity contribution in [3.05, 3.63) is 59.9 Å². The van der Waals surface area contributed by atoms with Crippen molar-refractivity contribution in [1.29, 1.82) is 0 Å². The van der Waals surface area contributed by atoms with Crippen LogP contribution in [0.2, 0.25) is 0 Å². The van der Waals surface area contributed by atoms with Crippen LogP contribution in [-0.4, -0.2) is 51.4 Å². The molecule has 1 unspecified atom stereocenters. The number of aryl methyl sites for hydroxylation is 2. The zero-order valence-corrected chi connectivity index (χ0v) is 17.6. The van der Waals surface area contributed by atoms with E-state index in [0.29, 0.717) is 31.3 Å². The Morgan fingerprint density at radius 1 is 1.10 bits per heavy atom. The van der Waals surface area contributed by atoms with E-state index in [2.05, 4.69) is 25.9 Å². The van der Waals surface area contributed by atoms with Crippen molar-refractivity contribution in [3.63, 3.8) is 0 Å². The second-order valence-electron chi connectivity index (χ2n) is 7.57. The summed E-state index contributed by atoms with van der Waals surface area (Å²) in [7, 11) is 0. The molecule has 9 nitrogen and oxygen atoms in total. The van der Waals surface area contributed by atoms with Gasteiger partial charge in [-0.2, -0.15) is 5.10 Å². The van der Waals surface area contributed by atoms with Crippen molar-refractivity contribution < 1.29 is 9.59 Å². The number of nitrogens with zero attached hydrogens (tertiary/aromatic N) is 5. The zero-order valence-electron chi connectivity index (χ0n) is 17.6. The number of carbonyl (C=O) groups excluding carboxylic acids is 2. The minimum Gasteiger partial charge on any atom is -0.367 e. The molecule has 1 atom stereocenters. The molecular formula is C22H25N7O2. The highest BCUT2D eigenvalue weighted by molar-refractivity contribution is 6.00. The Labute approximate surface area is 180 Å². The van der Waals surface area contributed by atoms with Crippen LogP contribution >= 0.6 is 0 Å². The average molecular weight is 419 g/mol. The molecule has 2 aromatic heterocycles. The third-order valence-electron chi connectivity index (χ3n) is 5.17. The quantitative estimate of drug-likeness (QED) is 0.567. The van der Waals surface area contributed by atoms with Crippen LogP contribution in [0.5, 0.6) is 0 Å². The zero-order chi connectivity index (χ0) is 21.8. The Hall–Kier alpha value is -3.75. The van der Waals surface area contributed by atoms with E-state index >= 15 is 0 Å². The van der Waals surface area contributed by atoms with E-state index in [1.54, 1.807) is 9.58 Å². The maximum Gasteiger partial charge on any atom is 0.227 e. The first-order chi connectivity index (χ1) is 15.0. The van der Waals surface area contributed by atoms with E-state index in [4.69, 9.17) is 0 Å². The monoisotopic (exact) mass is 419 g/mol. The summed E-state index contributed by atoms with van der Waals surface area (Å²) < 4.78 is 1.74. The van der Waals surface area contributed by atoms with E-state index in [0.717, 1.165) is 17.1 Å². The van der Waals surface area contributed by atoms with Gasteiger partial charge in [-0.05, 0) is 44.2 Å². The minimum absolute atomic E-state index is 0.0255. The van der Waals surface area contributed by atoms with Crippen LogP contribution in [0.3, 0.4) is 0 Å². The van der Waals surface area contributed by atoms with Gasteiger partial charge in [0, 0.05) is 37.4 Å². The molecule has 3 aromatic rings. The first-order valence-corrected chi connectivity index (χ1v) is 10.3. The maximum atomic E-state index is 12.5. The molecule has 1 fully saturated rings.